The molecule has 1 unspecified atom stereocenters. The molecule has 0 bridgehead atoms. The highest BCUT2D eigenvalue weighted by atomic mass is 32.2. The lowest BCUT2D eigenvalue weighted by molar-refractivity contribution is -0.134. The van der Waals surface area contributed by atoms with Gasteiger partial charge in [-0.3, -0.25) is 9.59 Å². The highest BCUT2D eigenvalue weighted by Gasteiger charge is 2.33. The molecular formula is C18H25NO5S. The summed E-state index contributed by atoms with van der Waals surface area (Å²) in [5.74, 6) is 2.97. The van der Waals surface area contributed by atoms with Gasteiger partial charge >= 0.3 is 0 Å². The summed E-state index contributed by atoms with van der Waals surface area (Å²) in [5, 5.41) is 0. The second kappa shape index (κ2) is 9.10. The van der Waals surface area contributed by atoms with Crippen molar-refractivity contribution in [3.8, 4) is 11.5 Å². The maximum absolute atomic E-state index is 12.5. The monoisotopic (exact) mass is 367 g/mol. The van der Waals surface area contributed by atoms with Gasteiger partial charge in [-0.15, -0.1) is 0 Å². The quantitative estimate of drug-likeness (QED) is 0.745. The van der Waals surface area contributed by atoms with Crippen LogP contribution in [0.4, 0.5) is 0 Å². The van der Waals surface area contributed by atoms with Gasteiger partial charge in [0.2, 0.25) is 12.7 Å². The fraction of sp³-hybridized carbons (Fsp3) is 0.556. The molecule has 1 atom stereocenters. The zero-order chi connectivity index (χ0) is 18.4. The van der Waals surface area contributed by atoms with Gasteiger partial charge in [-0.1, -0.05) is 0 Å². The Morgan fingerprint density at radius 3 is 2.52 bits per heavy atom. The first-order chi connectivity index (χ1) is 12.0. The van der Waals surface area contributed by atoms with Gasteiger partial charge < -0.3 is 19.1 Å². The topological polar surface area (TPSA) is 65.1 Å². The molecule has 0 aliphatic carbocycles. The van der Waals surface area contributed by atoms with Gasteiger partial charge in [-0.2, -0.15) is 11.8 Å². The molecule has 0 saturated carbocycles. The van der Waals surface area contributed by atoms with Crippen molar-refractivity contribution in [3.63, 3.8) is 0 Å². The van der Waals surface area contributed by atoms with E-state index in [1.54, 1.807) is 55.9 Å². The smallest absolute Gasteiger partial charge is 0.231 e. The molecule has 1 aromatic rings. The van der Waals surface area contributed by atoms with Crippen LogP contribution in [0, 0.1) is 5.92 Å². The molecule has 0 radical (unpaired) electrons. The molecule has 0 aromatic heterocycles. The maximum Gasteiger partial charge on any atom is 0.231 e. The van der Waals surface area contributed by atoms with Gasteiger partial charge in [0.25, 0.3) is 0 Å². The Morgan fingerprint density at radius 1 is 1.32 bits per heavy atom. The van der Waals surface area contributed by atoms with E-state index in [2.05, 4.69) is 4.74 Å². The van der Waals surface area contributed by atoms with Gasteiger partial charge in [0.05, 0.1) is 12.0 Å². The third kappa shape index (κ3) is 4.67. The van der Waals surface area contributed by atoms with Crippen molar-refractivity contribution in [1.29, 1.82) is 0 Å². The van der Waals surface area contributed by atoms with Crippen LogP contribution in [0.15, 0.2) is 18.2 Å². The van der Waals surface area contributed by atoms with Crippen LogP contribution in [0.1, 0.15) is 24.2 Å². The van der Waals surface area contributed by atoms with E-state index in [0.29, 0.717) is 17.1 Å². The summed E-state index contributed by atoms with van der Waals surface area (Å²) in [6.07, 6.45) is 0. The maximum atomic E-state index is 12.5. The fourth-order valence-electron chi connectivity index (χ4n) is 2.32. The second-order valence-electron chi connectivity index (χ2n) is 5.87. The van der Waals surface area contributed by atoms with Crippen LogP contribution in [0.2, 0.25) is 0 Å². The van der Waals surface area contributed by atoms with Crippen LogP contribution >= 0.6 is 11.8 Å². The van der Waals surface area contributed by atoms with E-state index in [4.69, 9.17) is 9.47 Å². The standard InChI is InChI=1S/C15H17NO4S.C3H8O/c1-9(16(2)15(18)11-6-21-7-11)14(17)10-3-4-12-13(5-10)20-8-19-12;1-3-4-2/h3-5,9,11H,6-8H2,1-2H3;3H2,1-2H3. The Balaban J connectivity index is 0.000000511. The lowest BCUT2D eigenvalue weighted by Crippen LogP contribution is -2.46. The summed E-state index contributed by atoms with van der Waals surface area (Å²) in [7, 11) is 3.38. The van der Waals surface area contributed by atoms with Gasteiger partial charge in [0.15, 0.2) is 17.3 Å². The fourth-order valence-corrected chi connectivity index (χ4v) is 3.08. The number of thioether (sulfide) groups is 1. The van der Waals surface area contributed by atoms with Crippen molar-refractivity contribution >= 4 is 23.5 Å². The number of Topliss-reactive ketones (excluding diaryl/α,β-unsaturated/α-hetero) is 1. The van der Waals surface area contributed by atoms with Crippen LogP contribution < -0.4 is 9.47 Å². The Bertz CT molecular complexity index is 615. The average molecular weight is 367 g/mol. The van der Waals surface area contributed by atoms with Gasteiger partial charge in [0, 0.05) is 37.8 Å². The Morgan fingerprint density at radius 2 is 1.96 bits per heavy atom. The number of hydrogen-bond acceptors (Lipinski definition) is 6. The van der Waals surface area contributed by atoms with E-state index >= 15 is 0 Å². The van der Waals surface area contributed by atoms with E-state index in [0.717, 1.165) is 18.1 Å². The summed E-state index contributed by atoms with van der Waals surface area (Å²) < 4.78 is 15.1. The number of nitrogens with zero attached hydrogens (tertiary/aromatic N) is 1. The lowest BCUT2D eigenvalue weighted by atomic mass is 10.0. The number of ether oxygens (including phenoxy) is 3. The third-order valence-corrected chi connectivity index (χ3v) is 5.52. The molecule has 7 heteroatoms. The Hall–Kier alpha value is -1.73. The van der Waals surface area contributed by atoms with Gasteiger partial charge in [-0.05, 0) is 32.0 Å². The average Bonchev–Trinajstić information content (AvgIpc) is 3.06. The number of carbonyl (C=O) groups excluding carboxylic acids is 2. The zero-order valence-corrected chi connectivity index (χ0v) is 15.9. The number of carbonyl (C=O) groups is 2. The SMILES string of the molecule is CC(C(=O)c1ccc2c(c1)OCO2)N(C)C(=O)C1CSC1.CCOC. The van der Waals surface area contributed by atoms with E-state index in [1.165, 1.54) is 0 Å². The minimum atomic E-state index is -0.483. The minimum absolute atomic E-state index is 0.0512. The Kier molecular flexibility index (Phi) is 7.13. The number of amides is 1. The molecule has 1 aromatic carbocycles. The summed E-state index contributed by atoms with van der Waals surface area (Å²) in [6.45, 7) is 4.72. The van der Waals surface area contributed by atoms with Gasteiger partial charge in [0.1, 0.15) is 0 Å². The number of likely N-dealkylation sites (N-methyl/N-ethyl adjacent to an activating group) is 1. The van der Waals surface area contributed by atoms with Crippen LogP contribution in [-0.2, 0) is 9.53 Å². The van der Waals surface area contributed by atoms with Crippen LogP contribution in [0.3, 0.4) is 0 Å². The largest absolute Gasteiger partial charge is 0.454 e. The van der Waals surface area contributed by atoms with Crippen LogP contribution in [0.5, 0.6) is 11.5 Å². The molecule has 2 heterocycles. The molecule has 2 aliphatic rings. The summed E-state index contributed by atoms with van der Waals surface area (Å²) in [5.41, 5.74) is 0.536. The first-order valence-electron chi connectivity index (χ1n) is 8.26. The van der Waals surface area contributed by atoms with Crippen LogP contribution in [-0.4, -0.2) is 61.7 Å². The van der Waals surface area contributed by atoms with Crippen LogP contribution in [0.25, 0.3) is 0 Å². The molecule has 1 fully saturated rings. The summed E-state index contributed by atoms with van der Waals surface area (Å²) >= 11 is 1.76. The zero-order valence-electron chi connectivity index (χ0n) is 15.1. The van der Waals surface area contributed by atoms with Crippen molar-refractivity contribution < 1.29 is 23.8 Å². The molecule has 6 nitrogen and oxygen atoms in total. The summed E-state index contributed by atoms with van der Waals surface area (Å²) in [4.78, 5) is 26.3. The normalized spacial score (nSPS) is 16.3. The summed E-state index contributed by atoms with van der Waals surface area (Å²) in [6, 6.07) is 4.64. The highest BCUT2D eigenvalue weighted by molar-refractivity contribution is 8.00. The molecule has 1 saturated heterocycles. The van der Waals surface area contributed by atoms with Gasteiger partial charge in [-0.25, -0.2) is 0 Å². The van der Waals surface area contributed by atoms with E-state index < -0.39 is 6.04 Å². The molecule has 1 amide bonds. The van der Waals surface area contributed by atoms with Crippen molar-refractivity contribution in [2.24, 2.45) is 5.92 Å². The van der Waals surface area contributed by atoms with Crippen molar-refractivity contribution in [2.45, 2.75) is 19.9 Å². The third-order valence-electron chi connectivity index (χ3n) is 4.24. The lowest BCUT2D eigenvalue weighted by Gasteiger charge is -2.31. The molecular weight excluding hydrogens is 342 g/mol. The number of ketones is 1. The number of methoxy groups -OCH3 is 1. The molecule has 25 heavy (non-hydrogen) atoms. The number of benzene rings is 1. The molecule has 0 spiro atoms. The molecule has 0 N–H and O–H groups in total. The van der Waals surface area contributed by atoms with Crippen molar-refractivity contribution in [3.05, 3.63) is 23.8 Å². The number of rotatable bonds is 5. The van der Waals surface area contributed by atoms with E-state index in [9.17, 15) is 9.59 Å². The minimum Gasteiger partial charge on any atom is -0.454 e. The highest BCUT2D eigenvalue weighted by Crippen LogP contribution is 2.33. The molecule has 2 aliphatic heterocycles. The first-order valence-corrected chi connectivity index (χ1v) is 9.42. The number of fused-ring (bicyclic) bond motifs is 1. The first kappa shape index (κ1) is 19.6. The van der Waals surface area contributed by atoms with E-state index in [-0.39, 0.29) is 24.4 Å². The molecule has 3 rings (SSSR count). The predicted molar refractivity (Wildman–Crippen MR) is 97.5 cm³/mol. The Labute approximate surface area is 152 Å². The van der Waals surface area contributed by atoms with Crippen molar-refractivity contribution in [1.82, 2.24) is 4.90 Å². The second-order valence-corrected chi connectivity index (χ2v) is 6.94. The van der Waals surface area contributed by atoms with Crippen molar-refractivity contribution in [2.75, 3.05) is 39.1 Å². The van der Waals surface area contributed by atoms with E-state index in [1.807, 2.05) is 6.92 Å². The predicted octanol–water partition coefficient (Wildman–Crippen LogP) is 2.46. The molecule has 138 valence electrons. The number of hydrogen-bond donors (Lipinski definition) is 0.